The van der Waals surface area contributed by atoms with Crippen LogP contribution in [0, 0.1) is 17.2 Å². The Morgan fingerprint density at radius 1 is 0.803 bits per heavy atom. The van der Waals surface area contributed by atoms with E-state index in [0.717, 1.165) is 30.8 Å². The molecule has 0 radical (unpaired) electrons. The van der Waals surface area contributed by atoms with Crippen LogP contribution in [0.5, 0.6) is 0 Å². The molecule has 0 saturated carbocycles. The maximum absolute atomic E-state index is 14.4. The summed E-state index contributed by atoms with van der Waals surface area (Å²) in [6.45, 7) is 9.25. The Morgan fingerprint density at radius 3 is 1.97 bits per heavy atom. The van der Waals surface area contributed by atoms with E-state index in [2.05, 4.69) is 31.7 Å². The second kappa shape index (κ2) is 27.9. The summed E-state index contributed by atoms with van der Waals surface area (Å²) in [6.07, 6.45) is 1.66. The molecule has 20 nitrogen and oxygen atoms in total. The number of carbonyl (C=O) groups excluding carboxylic acids is 6. The standard InChI is InChI=1S/C50H69N9O11S/c1-33(2)25-41(45(61)50(5,66)32-70-71(67,68)39-18-12-17-37(28-39)46(62)53-30-38(29-51)58-52)55-49(65)43(27-36-15-10-7-11-16-36)57-48(64)42(26-34(3)4)56-47(63)40(20-19-35-13-8-6-9-14-35)54-44(60)31-59-21-23-69-24-22-59/h6-18,28-29,33-34,40-43,51,66H,19-27,30-32,52H2,1-5H3,(H,53,62)(H,54,60)(H,55,65)(H,56,63)(H,57,64)/t40-,41-,42-,43-,50?/m0/s1. The van der Waals surface area contributed by atoms with E-state index in [4.69, 9.17) is 20.2 Å². The minimum absolute atomic E-state index is 0.00114. The second-order valence-electron chi connectivity index (χ2n) is 18.5. The Balaban J connectivity index is 1.53. The van der Waals surface area contributed by atoms with E-state index in [0.29, 0.717) is 38.3 Å². The van der Waals surface area contributed by atoms with Crippen LogP contribution in [0.25, 0.3) is 0 Å². The van der Waals surface area contributed by atoms with Gasteiger partial charge in [-0.1, -0.05) is 94.4 Å². The molecule has 386 valence electrons. The predicted molar refractivity (Wildman–Crippen MR) is 267 cm³/mol. The maximum atomic E-state index is 14.4. The van der Waals surface area contributed by atoms with Crippen LogP contribution >= 0.6 is 0 Å². The fourth-order valence-corrected chi connectivity index (χ4v) is 8.65. The van der Waals surface area contributed by atoms with Gasteiger partial charge < -0.3 is 47.7 Å². The lowest BCUT2D eigenvalue weighted by Gasteiger charge is -2.30. The number of benzene rings is 3. The zero-order valence-electron chi connectivity index (χ0n) is 41.0. The van der Waals surface area contributed by atoms with E-state index in [1.807, 2.05) is 49.1 Å². The normalized spacial score (nSPS) is 15.9. The Kier molecular flexibility index (Phi) is 22.4. The van der Waals surface area contributed by atoms with Crippen molar-refractivity contribution in [1.29, 1.82) is 5.41 Å². The van der Waals surface area contributed by atoms with Crippen LogP contribution in [0.15, 0.2) is 94.9 Å². The number of nitrogens with two attached hydrogens (primary N) is 1. The lowest BCUT2D eigenvalue weighted by Crippen LogP contribution is -2.60. The number of nitrogens with one attached hydrogen (secondary N) is 6. The van der Waals surface area contributed by atoms with Crippen molar-refractivity contribution in [2.24, 2.45) is 22.8 Å². The molecule has 21 heteroatoms. The van der Waals surface area contributed by atoms with Gasteiger partial charge >= 0.3 is 0 Å². The molecule has 0 spiro atoms. The average molecular weight is 1000 g/mol. The van der Waals surface area contributed by atoms with E-state index in [9.17, 15) is 42.3 Å². The predicted octanol–water partition coefficient (Wildman–Crippen LogP) is 1.65. The van der Waals surface area contributed by atoms with Gasteiger partial charge in [0, 0.05) is 31.3 Å². The molecule has 0 aromatic heterocycles. The SMILES string of the molecule is CC(C)C[C@H](NC(=O)[C@H](CCc1ccccc1)NC(=O)CN1CCOCC1)C(=O)N[C@@H](Cc1ccccc1)C(=O)N[C@@H](CC(C)C)C(=O)C(C)(O)COS(=O)(=O)c1cccc(C(=O)NCC(C=N)=NN)c1. The molecule has 5 amide bonds. The number of rotatable bonds is 28. The van der Waals surface area contributed by atoms with E-state index in [1.165, 1.54) is 12.1 Å². The quantitative estimate of drug-likeness (QED) is 0.0223. The van der Waals surface area contributed by atoms with E-state index < -0.39 is 80.8 Å². The van der Waals surface area contributed by atoms with Gasteiger partial charge in [-0.05, 0) is 73.8 Å². The number of nitrogens with zero attached hydrogens (tertiary/aromatic N) is 2. The highest BCUT2D eigenvalue weighted by molar-refractivity contribution is 7.86. The molecular formula is C50H69N9O11S. The lowest BCUT2D eigenvalue weighted by molar-refractivity contribution is -0.143. The Labute approximate surface area is 415 Å². The molecule has 71 heavy (non-hydrogen) atoms. The van der Waals surface area contributed by atoms with Gasteiger partial charge in [-0.3, -0.25) is 37.9 Å². The van der Waals surface area contributed by atoms with Crippen LogP contribution in [-0.2, 0) is 55.9 Å². The molecular weight excluding hydrogens is 935 g/mol. The third-order valence-electron chi connectivity index (χ3n) is 11.5. The molecule has 3 aromatic rings. The average Bonchev–Trinajstić information content (AvgIpc) is 3.34. The molecule has 1 aliphatic rings. The Morgan fingerprint density at radius 2 is 1.37 bits per heavy atom. The van der Waals surface area contributed by atoms with Crippen LogP contribution in [-0.4, -0.2) is 141 Å². The maximum Gasteiger partial charge on any atom is 0.297 e. The van der Waals surface area contributed by atoms with Gasteiger partial charge in [-0.15, -0.1) is 0 Å². The van der Waals surface area contributed by atoms with Crippen molar-refractivity contribution in [1.82, 2.24) is 31.5 Å². The summed E-state index contributed by atoms with van der Waals surface area (Å²) in [5.74, 6) is 0.733. The summed E-state index contributed by atoms with van der Waals surface area (Å²) >= 11 is 0. The molecule has 1 unspecified atom stereocenters. The van der Waals surface area contributed by atoms with E-state index in [-0.39, 0.29) is 67.8 Å². The zero-order chi connectivity index (χ0) is 52.1. The number of carbonyl (C=O) groups is 6. The molecule has 1 aliphatic heterocycles. The molecule has 0 bridgehead atoms. The summed E-state index contributed by atoms with van der Waals surface area (Å²) < 4.78 is 37.3. The Hall–Kier alpha value is -6.39. The highest BCUT2D eigenvalue weighted by atomic mass is 32.2. The van der Waals surface area contributed by atoms with Crippen molar-refractivity contribution in [3.05, 3.63) is 102 Å². The van der Waals surface area contributed by atoms with E-state index >= 15 is 0 Å². The number of hydrazone groups is 1. The number of ketones is 1. The van der Waals surface area contributed by atoms with E-state index in [1.54, 1.807) is 44.2 Å². The summed E-state index contributed by atoms with van der Waals surface area (Å²) in [5.41, 5.74) is -0.910. The number of amides is 5. The highest BCUT2D eigenvalue weighted by Gasteiger charge is 2.40. The number of aryl methyl sites for hydroxylation is 1. The number of morpholine rings is 1. The highest BCUT2D eigenvalue weighted by Crippen LogP contribution is 2.21. The first-order valence-corrected chi connectivity index (χ1v) is 25.0. The van der Waals surface area contributed by atoms with Crippen LogP contribution in [0.3, 0.4) is 0 Å². The van der Waals surface area contributed by atoms with Gasteiger partial charge in [0.2, 0.25) is 23.6 Å². The van der Waals surface area contributed by atoms with Crippen LogP contribution < -0.4 is 32.4 Å². The monoisotopic (exact) mass is 1000 g/mol. The minimum Gasteiger partial charge on any atom is -0.380 e. The van der Waals surface area contributed by atoms with Gasteiger partial charge in [0.15, 0.2) is 5.78 Å². The first kappa shape index (κ1) is 57.2. The van der Waals surface area contributed by atoms with Gasteiger partial charge in [-0.2, -0.15) is 13.5 Å². The van der Waals surface area contributed by atoms with Gasteiger partial charge in [0.25, 0.3) is 16.0 Å². The summed E-state index contributed by atoms with van der Waals surface area (Å²) in [5, 5.41) is 35.8. The topological polar surface area (TPSA) is 301 Å². The largest absolute Gasteiger partial charge is 0.380 e. The second-order valence-corrected chi connectivity index (χ2v) is 20.1. The molecule has 4 rings (SSSR count). The molecule has 3 aromatic carbocycles. The third-order valence-corrected chi connectivity index (χ3v) is 12.7. The molecule has 1 heterocycles. The number of hydrogen-bond acceptors (Lipinski definition) is 15. The summed E-state index contributed by atoms with van der Waals surface area (Å²) in [6, 6.07) is 18.2. The molecule has 1 saturated heterocycles. The van der Waals surface area contributed by atoms with Crippen molar-refractivity contribution in [2.75, 3.05) is 46.0 Å². The van der Waals surface area contributed by atoms with Crippen molar-refractivity contribution >= 4 is 57.4 Å². The number of Topliss-reactive ketones (excluding diaryl/α,β-unsaturated/α-hetero) is 1. The van der Waals surface area contributed by atoms with Crippen molar-refractivity contribution < 1.29 is 51.2 Å². The first-order chi connectivity index (χ1) is 33.7. The lowest BCUT2D eigenvalue weighted by atomic mass is 9.90. The van der Waals surface area contributed by atoms with Gasteiger partial charge in [0.05, 0.1) is 43.0 Å². The number of hydrogen-bond donors (Lipinski definition) is 8. The fourth-order valence-electron chi connectivity index (χ4n) is 7.62. The molecule has 1 fully saturated rings. The van der Waals surface area contributed by atoms with Crippen LogP contribution in [0.2, 0.25) is 0 Å². The first-order valence-electron chi connectivity index (χ1n) is 23.6. The van der Waals surface area contributed by atoms with Crippen LogP contribution in [0.4, 0.5) is 0 Å². The number of aliphatic hydroxyl groups is 1. The minimum atomic E-state index is -4.68. The number of ether oxygens (including phenoxy) is 1. The van der Waals surface area contributed by atoms with Crippen LogP contribution in [0.1, 0.15) is 75.4 Å². The zero-order valence-corrected chi connectivity index (χ0v) is 41.8. The van der Waals surface area contributed by atoms with Gasteiger partial charge in [0.1, 0.15) is 30.3 Å². The Bertz CT molecular complexity index is 2410. The van der Waals surface area contributed by atoms with Gasteiger partial charge in [-0.25, -0.2) is 0 Å². The van der Waals surface area contributed by atoms with Crippen molar-refractivity contribution in [3.8, 4) is 0 Å². The smallest absolute Gasteiger partial charge is 0.297 e. The third kappa shape index (κ3) is 19.0. The van der Waals surface area contributed by atoms with Crippen molar-refractivity contribution in [3.63, 3.8) is 0 Å². The summed E-state index contributed by atoms with van der Waals surface area (Å²) in [4.78, 5) is 84.6. The van der Waals surface area contributed by atoms with Crippen molar-refractivity contribution in [2.45, 2.75) is 101 Å². The molecule has 9 N–H and O–H groups in total. The fraction of sp³-hybridized carbons (Fsp3) is 0.480. The molecule has 5 atom stereocenters. The molecule has 0 aliphatic carbocycles. The summed E-state index contributed by atoms with van der Waals surface area (Å²) in [7, 11) is -4.68.